The Morgan fingerprint density at radius 2 is 1.96 bits per heavy atom. The van der Waals surface area contributed by atoms with Crippen LogP contribution in [0.2, 0.25) is 0 Å². The van der Waals surface area contributed by atoms with Crippen molar-refractivity contribution in [3.63, 3.8) is 0 Å². The van der Waals surface area contributed by atoms with Crippen molar-refractivity contribution in [2.45, 2.75) is 13.5 Å². The zero-order valence-corrected chi connectivity index (χ0v) is 16.3. The third kappa shape index (κ3) is 3.87. The Hall–Kier alpha value is -3.24. The number of thioether (sulfide) groups is 1. The number of carbonyl (C=O) groups excluding carboxylic acids is 2. The molecule has 0 radical (unpaired) electrons. The molecular formula is C21H18N2O4S. The summed E-state index contributed by atoms with van der Waals surface area (Å²) in [6, 6.07) is 14.4. The first-order valence-electron chi connectivity index (χ1n) is 8.62. The molecule has 1 saturated heterocycles. The van der Waals surface area contributed by atoms with Crippen molar-refractivity contribution < 1.29 is 19.1 Å². The molecule has 3 rings (SSSR count). The number of nitriles is 1. The van der Waals surface area contributed by atoms with E-state index >= 15 is 0 Å². The van der Waals surface area contributed by atoms with Gasteiger partial charge in [-0.2, -0.15) is 5.26 Å². The molecule has 0 bridgehead atoms. The van der Waals surface area contributed by atoms with Gasteiger partial charge in [-0.05, 0) is 42.5 Å². The van der Waals surface area contributed by atoms with Gasteiger partial charge in [0.25, 0.3) is 11.1 Å². The van der Waals surface area contributed by atoms with E-state index in [9.17, 15) is 14.9 Å². The van der Waals surface area contributed by atoms with Crippen molar-refractivity contribution in [1.29, 1.82) is 5.26 Å². The van der Waals surface area contributed by atoms with Gasteiger partial charge in [-0.25, -0.2) is 0 Å². The van der Waals surface area contributed by atoms with E-state index in [-0.39, 0.29) is 11.8 Å². The first kappa shape index (κ1) is 19.5. The van der Waals surface area contributed by atoms with Crippen molar-refractivity contribution >= 4 is 29.0 Å². The van der Waals surface area contributed by atoms with E-state index in [1.807, 2.05) is 6.92 Å². The van der Waals surface area contributed by atoms with E-state index in [0.717, 1.165) is 16.7 Å². The Balaban J connectivity index is 1.91. The number of carbonyl (C=O) groups is 2. The molecule has 142 valence electrons. The first-order chi connectivity index (χ1) is 13.6. The summed E-state index contributed by atoms with van der Waals surface area (Å²) in [6.07, 6.45) is 1.63. The van der Waals surface area contributed by atoms with Crippen LogP contribution in [0.1, 0.15) is 23.6 Å². The van der Waals surface area contributed by atoms with Crippen LogP contribution in [-0.2, 0) is 11.3 Å². The Morgan fingerprint density at radius 3 is 2.68 bits per heavy atom. The van der Waals surface area contributed by atoms with Gasteiger partial charge >= 0.3 is 0 Å². The predicted octanol–water partition coefficient (Wildman–Crippen LogP) is 4.20. The number of methoxy groups -OCH3 is 1. The lowest BCUT2D eigenvalue weighted by atomic mass is 10.1. The number of imide groups is 1. The highest BCUT2D eigenvalue weighted by molar-refractivity contribution is 8.18. The lowest BCUT2D eigenvalue weighted by Gasteiger charge is -2.13. The van der Waals surface area contributed by atoms with Gasteiger partial charge in [0.2, 0.25) is 0 Å². The summed E-state index contributed by atoms with van der Waals surface area (Å²) in [4.78, 5) is 26.7. The Labute approximate surface area is 167 Å². The van der Waals surface area contributed by atoms with Crippen LogP contribution in [0.5, 0.6) is 11.5 Å². The maximum atomic E-state index is 12.8. The van der Waals surface area contributed by atoms with Crippen LogP contribution in [0, 0.1) is 11.3 Å². The quantitative estimate of drug-likeness (QED) is 0.683. The maximum Gasteiger partial charge on any atom is 0.293 e. The SMILES string of the molecule is CCOc1c(/C=C2/SC(=O)N(Cc3ccccc3C#N)C2=O)cccc1OC. The van der Waals surface area contributed by atoms with E-state index in [2.05, 4.69) is 6.07 Å². The van der Waals surface area contributed by atoms with Gasteiger partial charge in [0.15, 0.2) is 11.5 Å². The molecule has 0 aromatic heterocycles. The molecule has 2 aromatic carbocycles. The molecule has 2 aromatic rings. The van der Waals surface area contributed by atoms with Crippen LogP contribution < -0.4 is 9.47 Å². The van der Waals surface area contributed by atoms with E-state index < -0.39 is 5.91 Å². The largest absolute Gasteiger partial charge is 0.493 e. The highest BCUT2D eigenvalue weighted by atomic mass is 32.2. The van der Waals surface area contributed by atoms with Gasteiger partial charge in [-0.15, -0.1) is 0 Å². The Morgan fingerprint density at radius 1 is 1.18 bits per heavy atom. The summed E-state index contributed by atoms with van der Waals surface area (Å²) in [7, 11) is 1.54. The summed E-state index contributed by atoms with van der Waals surface area (Å²) in [5.41, 5.74) is 1.73. The highest BCUT2D eigenvalue weighted by Crippen LogP contribution is 2.38. The molecular weight excluding hydrogens is 376 g/mol. The molecule has 1 aliphatic heterocycles. The first-order valence-corrected chi connectivity index (χ1v) is 9.43. The molecule has 0 unspecified atom stereocenters. The van der Waals surface area contributed by atoms with Crippen molar-refractivity contribution in [2.24, 2.45) is 0 Å². The number of hydrogen-bond acceptors (Lipinski definition) is 6. The summed E-state index contributed by atoms with van der Waals surface area (Å²) in [5, 5.41) is 8.85. The average molecular weight is 394 g/mol. The number of para-hydroxylation sites is 1. The minimum absolute atomic E-state index is 0.0577. The minimum atomic E-state index is -0.395. The molecule has 0 spiro atoms. The van der Waals surface area contributed by atoms with Crippen molar-refractivity contribution in [1.82, 2.24) is 4.90 Å². The molecule has 2 amide bonds. The monoisotopic (exact) mass is 394 g/mol. The fraction of sp³-hybridized carbons (Fsp3) is 0.190. The van der Waals surface area contributed by atoms with Crippen LogP contribution in [0.15, 0.2) is 47.4 Å². The van der Waals surface area contributed by atoms with Gasteiger partial charge in [0, 0.05) is 5.56 Å². The number of hydrogen-bond donors (Lipinski definition) is 0. The molecule has 1 aliphatic rings. The molecule has 1 fully saturated rings. The topological polar surface area (TPSA) is 79.6 Å². The van der Waals surface area contributed by atoms with Crippen LogP contribution >= 0.6 is 11.8 Å². The maximum absolute atomic E-state index is 12.8. The Bertz CT molecular complexity index is 994. The van der Waals surface area contributed by atoms with E-state index in [1.54, 1.807) is 55.7 Å². The second-order valence-corrected chi connectivity index (χ2v) is 6.84. The van der Waals surface area contributed by atoms with Crippen molar-refractivity contribution in [3.05, 3.63) is 64.1 Å². The molecule has 0 N–H and O–H groups in total. The molecule has 0 atom stereocenters. The van der Waals surface area contributed by atoms with Gasteiger partial charge in [0.1, 0.15) is 0 Å². The number of amides is 2. The normalized spacial score (nSPS) is 15.0. The van der Waals surface area contributed by atoms with E-state index in [1.165, 1.54) is 0 Å². The van der Waals surface area contributed by atoms with Gasteiger partial charge in [0.05, 0.1) is 36.8 Å². The van der Waals surface area contributed by atoms with Gasteiger partial charge < -0.3 is 9.47 Å². The van der Waals surface area contributed by atoms with Crippen LogP contribution in [-0.4, -0.2) is 29.8 Å². The molecule has 28 heavy (non-hydrogen) atoms. The lowest BCUT2D eigenvalue weighted by molar-refractivity contribution is -0.123. The van der Waals surface area contributed by atoms with E-state index in [4.69, 9.17) is 9.47 Å². The predicted molar refractivity (Wildman–Crippen MR) is 107 cm³/mol. The smallest absolute Gasteiger partial charge is 0.293 e. The standard InChI is InChI=1S/C21H18N2O4S/c1-3-27-19-14(9-6-10-17(19)26-2)11-18-20(24)23(21(25)28-18)13-16-8-5-4-7-15(16)12-22/h4-11H,3,13H2,1-2H3/b18-11+. The molecule has 6 nitrogen and oxygen atoms in total. The number of benzene rings is 2. The van der Waals surface area contributed by atoms with Crippen LogP contribution in [0.4, 0.5) is 4.79 Å². The van der Waals surface area contributed by atoms with E-state index in [0.29, 0.717) is 39.7 Å². The number of rotatable bonds is 6. The molecule has 0 aliphatic carbocycles. The fourth-order valence-corrected chi connectivity index (χ4v) is 3.65. The fourth-order valence-electron chi connectivity index (χ4n) is 2.82. The molecule has 7 heteroatoms. The van der Waals surface area contributed by atoms with Gasteiger partial charge in [-0.3, -0.25) is 14.5 Å². The summed E-state index contributed by atoms with van der Waals surface area (Å²) < 4.78 is 11.0. The zero-order chi connectivity index (χ0) is 20.1. The Kier molecular flexibility index (Phi) is 6.02. The third-order valence-corrected chi connectivity index (χ3v) is 5.05. The summed E-state index contributed by atoms with van der Waals surface area (Å²) in [5.74, 6) is 0.680. The van der Waals surface area contributed by atoms with Gasteiger partial charge in [-0.1, -0.05) is 30.3 Å². The second kappa shape index (κ2) is 8.63. The van der Waals surface area contributed by atoms with Crippen LogP contribution in [0.25, 0.3) is 6.08 Å². The zero-order valence-electron chi connectivity index (χ0n) is 15.5. The molecule has 0 saturated carbocycles. The average Bonchev–Trinajstić information content (AvgIpc) is 2.97. The molecule has 1 heterocycles. The third-order valence-electron chi connectivity index (χ3n) is 4.14. The summed E-state index contributed by atoms with van der Waals surface area (Å²) in [6.45, 7) is 2.35. The minimum Gasteiger partial charge on any atom is -0.493 e. The van der Waals surface area contributed by atoms with Crippen LogP contribution in [0.3, 0.4) is 0 Å². The highest BCUT2D eigenvalue weighted by Gasteiger charge is 2.35. The second-order valence-electron chi connectivity index (χ2n) is 5.85. The number of nitrogens with zero attached hydrogens (tertiary/aromatic N) is 2. The summed E-state index contributed by atoms with van der Waals surface area (Å²) >= 11 is 0.869. The van der Waals surface area contributed by atoms with Crippen molar-refractivity contribution in [2.75, 3.05) is 13.7 Å². The number of ether oxygens (including phenoxy) is 2. The van der Waals surface area contributed by atoms with Crippen molar-refractivity contribution in [3.8, 4) is 17.6 Å². The lowest BCUT2D eigenvalue weighted by Crippen LogP contribution is -2.27.